The first kappa shape index (κ1) is 52.7. The van der Waals surface area contributed by atoms with E-state index in [0.29, 0.717) is 11.6 Å². The number of aryl methyl sites for hydroxylation is 1. The van der Waals surface area contributed by atoms with Crippen LogP contribution in [-0.2, 0) is 21.8 Å². The van der Waals surface area contributed by atoms with Crippen LogP contribution in [-0.4, -0.2) is 142 Å². The summed E-state index contributed by atoms with van der Waals surface area (Å²) in [5.74, 6) is 6.38. The van der Waals surface area contributed by atoms with Gasteiger partial charge in [0.2, 0.25) is 11.6 Å². The van der Waals surface area contributed by atoms with Crippen molar-refractivity contribution in [2.75, 3.05) is 89.5 Å². The molecule has 0 atom stereocenters. The van der Waals surface area contributed by atoms with Crippen LogP contribution in [0, 0.1) is 6.92 Å². The molecular weight excluding hydrogens is 837 g/mol. The fourth-order valence-corrected chi connectivity index (χ4v) is 17.0. The van der Waals surface area contributed by atoms with Crippen molar-refractivity contribution in [2.24, 2.45) is 0 Å². The normalized spacial score (nSPS) is 23.4. The Labute approximate surface area is 404 Å². The standard InChI is InChI=1S/C20H29OS.C15H21OS.2C11H22N2/c1-20(2,22-14-6-7-15-22)19(21)18-12-10-17(11-13-18)16-8-4-3-5-9-16;1-12-6-8-13(9-7-12)14(16)15(2,3)17-10-4-5-11-17;2*1-12-9-5-11(6-10-12)13-7-3-2-4-8-13/h10-13,16H,3-9,14-15H2,1-2H3;6-9H,4-5,10-11H2,1-3H3;2*11H,2-10H2,1H3/q2*+1;;. The van der Waals surface area contributed by atoms with Crippen molar-refractivity contribution in [1.82, 2.24) is 19.6 Å². The fraction of sp³-hybridized carbons (Fsp3) is 0.754. The highest BCUT2D eigenvalue weighted by Gasteiger charge is 2.48. The van der Waals surface area contributed by atoms with Gasteiger partial charge in [0.25, 0.3) is 0 Å². The summed E-state index contributed by atoms with van der Waals surface area (Å²) in [6.07, 6.45) is 26.2. The molecule has 0 radical (unpaired) electrons. The quantitative estimate of drug-likeness (QED) is 0.184. The van der Waals surface area contributed by atoms with Crippen molar-refractivity contribution >= 4 is 33.4 Å². The Hall–Kier alpha value is -1.68. The largest absolute Gasteiger partial charge is 0.306 e. The summed E-state index contributed by atoms with van der Waals surface area (Å²) >= 11 is 0. The van der Waals surface area contributed by atoms with Gasteiger partial charge >= 0.3 is 0 Å². The molecule has 0 aromatic heterocycles. The van der Waals surface area contributed by atoms with E-state index in [0.717, 1.165) is 29.1 Å². The Bertz CT molecular complexity index is 1630. The average Bonchev–Trinajstić information content (AvgIpc) is 4.11. The smallest absolute Gasteiger partial charge is 0.217 e. The molecule has 364 valence electrons. The maximum atomic E-state index is 12.9. The predicted molar refractivity (Wildman–Crippen MR) is 285 cm³/mol. The lowest BCUT2D eigenvalue weighted by Gasteiger charge is -2.39. The molecule has 7 fully saturated rings. The number of hydrogen-bond acceptors (Lipinski definition) is 6. The minimum Gasteiger partial charge on any atom is -0.306 e. The number of benzene rings is 2. The molecule has 7 aliphatic rings. The van der Waals surface area contributed by atoms with Gasteiger partial charge in [-0.3, -0.25) is 9.59 Å². The summed E-state index contributed by atoms with van der Waals surface area (Å²) in [7, 11) is 5.03. The molecule has 6 aliphatic heterocycles. The lowest BCUT2D eigenvalue weighted by atomic mass is 9.83. The summed E-state index contributed by atoms with van der Waals surface area (Å²) in [6.45, 7) is 21.3. The summed E-state index contributed by atoms with van der Waals surface area (Å²) in [5.41, 5.74) is 4.45. The second-order valence-corrected chi connectivity index (χ2v) is 27.6. The third-order valence-electron chi connectivity index (χ3n) is 16.4. The molecule has 1 saturated carbocycles. The maximum Gasteiger partial charge on any atom is 0.217 e. The molecule has 0 spiro atoms. The molecule has 2 aromatic carbocycles. The molecule has 6 saturated heterocycles. The summed E-state index contributed by atoms with van der Waals surface area (Å²) in [5, 5.41) is 0. The molecule has 1 aliphatic carbocycles. The predicted octanol–water partition coefficient (Wildman–Crippen LogP) is 11.6. The van der Waals surface area contributed by atoms with Gasteiger partial charge in [-0.15, -0.1) is 0 Å². The lowest BCUT2D eigenvalue weighted by Crippen LogP contribution is -2.45. The summed E-state index contributed by atoms with van der Waals surface area (Å²) < 4.78 is -0.353. The number of ketones is 2. The molecule has 0 unspecified atom stereocenters. The minimum absolute atomic E-state index is 0.175. The maximum absolute atomic E-state index is 12.9. The average molecular weight is 932 g/mol. The van der Waals surface area contributed by atoms with Crippen molar-refractivity contribution in [1.29, 1.82) is 0 Å². The minimum atomic E-state index is -0.178. The molecule has 0 N–H and O–H groups in total. The van der Waals surface area contributed by atoms with Gasteiger partial charge < -0.3 is 19.6 Å². The second-order valence-electron chi connectivity index (χ2n) is 22.0. The second kappa shape index (κ2) is 26.3. The monoisotopic (exact) mass is 931 g/mol. The Morgan fingerprint density at radius 3 is 1.15 bits per heavy atom. The Morgan fingerprint density at radius 1 is 0.446 bits per heavy atom. The van der Waals surface area contributed by atoms with Crippen LogP contribution in [0.5, 0.6) is 0 Å². The van der Waals surface area contributed by atoms with Gasteiger partial charge in [-0.05, 0) is 202 Å². The topological polar surface area (TPSA) is 47.1 Å². The molecule has 8 heteroatoms. The van der Waals surface area contributed by atoms with Gasteiger partial charge in [-0.2, -0.15) is 0 Å². The number of nitrogens with zero attached hydrogens (tertiary/aromatic N) is 4. The highest BCUT2D eigenvalue weighted by Crippen LogP contribution is 2.35. The number of piperidine rings is 4. The van der Waals surface area contributed by atoms with Gasteiger partial charge in [0.05, 0.1) is 0 Å². The zero-order valence-corrected chi connectivity index (χ0v) is 44.3. The van der Waals surface area contributed by atoms with E-state index in [9.17, 15) is 9.59 Å². The number of rotatable bonds is 9. The first-order chi connectivity index (χ1) is 31.3. The van der Waals surface area contributed by atoms with Gasteiger partial charge in [0.1, 0.15) is 23.0 Å². The van der Waals surface area contributed by atoms with E-state index in [1.807, 2.05) is 24.3 Å². The Balaban J connectivity index is 0.000000147. The van der Waals surface area contributed by atoms with E-state index in [1.54, 1.807) is 0 Å². The molecule has 6 heterocycles. The lowest BCUT2D eigenvalue weighted by molar-refractivity contribution is 0.0949. The van der Waals surface area contributed by atoms with E-state index in [4.69, 9.17) is 0 Å². The molecule has 2 aromatic rings. The van der Waals surface area contributed by atoms with Gasteiger partial charge in [-0.25, -0.2) is 0 Å². The van der Waals surface area contributed by atoms with Crippen LogP contribution in [0.4, 0.5) is 0 Å². The SMILES string of the molecule is CC(C)(C(=O)c1ccc(C2CCCCC2)cc1)[S+]1CCCC1.CN1CCC(N2CCCCC2)CC1.CN1CCC(N2CCCCC2)CC1.Cc1ccc(C(=O)C(C)(C)[S+]2CCCC2)cc1. The van der Waals surface area contributed by atoms with Gasteiger partial charge in [-0.1, -0.05) is 86.2 Å². The highest BCUT2D eigenvalue weighted by molar-refractivity contribution is 7.99. The Morgan fingerprint density at radius 2 is 0.785 bits per heavy atom. The van der Waals surface area contributed by atoms with E-state index < -0.39 is 0 Å². The molecule has 65 heavy (non-hydrogen) atoms. The molecule has 9 rings (SSSR count). The van der Waals surface area contributed by atoms with Crippen LogP contribution in [0.1, 0.15) is 187 Å². The zero-order valence-electron chi connectivity index (χ0n) is 42.7. The zero-order chi connectivity index (χ0) is 46.2. The molecular formula is C57H94N4O2S2+2. The van der Waals surface area contributed by atoms with Crippen molar-refractivity contribution in [3.63, 3.8) is 0 Å². The van der Waals surface area contributed by atoms with Crippen LogP contribution in [0.25, 0.3) is 0 Å². The number of carbonyl (C=O) groups excluding carboxylic acids is 2. The van der Waals surface area contributed by atoms with Crippen molar-refractivity contribution in [2.45, 2.75) is 184 Å². The van der Waals surface area contributed by atoms with Crippen molar-refractivity contribution in [3.05, 3.63) is 70.8 Å². The van der Waals surface area contributed by atoms with Crippen LogP contribution >= 0.6 is 0 Å². The summed E-state index contributed by atoms with van der Waals surface area (Å²) in [4.78, 5) is 35.9. The summed E-state index contributed by atoms with van der Waals surface area (Å²) in [6, 6.07) is 18.4. The van der Waals surface area contributed by atoms with Crippen LogP contribution < -0.4 is 0 Å². The third-order valence-corrected chi connectivity index (χ3v) is 22.7. The Kier molecular flexibility index (Phi) is 21.4. The van der Waals surface area contributed by atoms with E-state index >= 15 is 0 Å². The number of hydrogen-bond donors (Lipinski definition) is 0. The molecule has 6 nitrogen and oxygen atoms in total. The number of Topliss-reactive ketones (excluding diaryl/α,β-unsaturated/α-hetero) is 2. The number of carbonyl (C=O) groups is 2. The van der Waals surface area contributed by atoms with Crippen molar-refractivity contribution in [3.8, 4) is 0 Å². The van der Waals surface area contributed by atoms with E-state index in [-0.39, 0.29) is 31.3 Å². The third kappa shape index (κ3) is 15.7. The van der Waals surface area contributed by atoms with Crippen LogP contribution in [0.15, 0.2) is 48.5 Å². The first-order valence-corrected chi connectivity index (χ1v) is 29.9. The van der Waals surface area contributed by atoms with Crippen LogP contribution in [0.3, 0.4) is 0 Å². The van der Waals surface area contributed by atoms with Crippen LogP contribution in [0.2, 0.25) is 0 Å². The van der Waals surface area contributed by atoms with E-state index in [1.165, 1.54) is 208 Å². The fourth-order valence-electron chi connectivity index (χ4n) is 11.6. The highest BCUT2D eigenvalue weighted by atomic mass is 32.2. The van der Waals surface area contributed by atoms with Gasteiger partial charge in [0, 0.05) is 45.0 Å². The van der Waals surface area contributed by atoms with E-state index in [2.05, 4.69) is 92.6 Å². The molecule has 0 amide bonds. The molecule has 0 bridgehead atoms. The van der Waals surface area contributed by atoms with Crippen molar-refractivity contribution < 1.29 is 9.59 Å². The van der Waals surface area contributed by atoms with Gasteiger partial charge in [0.15, 0.2) is 9.49 Å². The number of likely N-dealkylation sites (tertiary alicyclic amines) is 4. The first-order valence-electron chi connectivity index (χ1n) is 26.8.